The van der Waals surface area contributed by atoms with E-state index in [0.29, 0.717) is 0 Å². The minimum absolute atomic E-state index is 0.221. The van der Waals surface area contributed by atoms with E-state index in [2.05, 4.69) is 5.32 Å². The summed E-state index contributed by atoms with van der Waals surface area (Å²) in [6, 6.07) is 0. The van der Waals surface area contributed by atoms with E-state index in [-0.39, 0.29) is 13.1 Å². The van der Waals surface area contributed by atoms with E-state index in [1.165, 1.54) is 0 Å². The Morgan fingerprint density at radius 2 is 2.25 bits per heavy atom. The number of piperazine rings is 1. The third-order valence-electron chi connectivity index (χ3n) is 1.47. The average molecular weight is 171 g/mol. The number of hydrogen-bond acceptors (Lipinski definition) is 4. The Hall–Kier alpha value is -1.59. The maximum absolute atomic E-state index is 10.9. The number of hydrogen-bond donors (Lipinski definition) is 1. The fraction of sp³-hybridized carbons (Fsp3) is 0.500. The number of carbonyl (C=O) groups is 3. The second-order valence-electron chi connectivity index (χ2n) is 2.35. The molecule has 0 atom stereocenters. The molecule has 2 amide bonds. The van der Waals surface area contributed by atoms with Gasteiger partial charge in [-0.15, -0.1) is 0 Å². The standard InChI is InChI=1S/C6H8N2O4/c9-4(10)3-8-2-1-7-5(11)6(8)12/h1-3H2,(H,7,11)(H,9,10)/p-1. The molecule has 1 aliphatic rings. The van der Waals surface area contributed by atoms with Gasteiger partial charge in [0, 0.05) is 13.1 Å². The lowest BCUT2D eigenvalue weighted by molar-refractivity contribution is -0.306. The van der Waals surface area contributed by atoms with E-state index >= 15 is 0 Å². The predicted octanol–water partition coefficient (Wildman–Crippen LogP) is -3.31. The smallest absolute Gasteiger partial charge is 0.312 e. The van der Waals surface area contributed by atoms with Crippen LogP contribution >= 0.6 is 0 Å². The largest absolute Gasteiger partial charge is 0.548 e. The van der Waals surface area contributed by atoms with Crippen LogP contribution in [-0.4, -0.2) is 42.3 Å². The number of rotatable bonds is 2. The van der Waals surface area contributed by atoms with Crippen LogP contribution in [0.5, 0.6) is 0 Å². The van der Waals surface area contributed by atoms with Gasteiger partial charge in [-0.3, -0.25) is 9.59 Å². The van der Waals surface area contributed by atoms with Crippen molar-refractivity contribution in [1.82, 2.24) is 10.2 Å². The van der Waals surface area contributed by atoms with Crippen molar-refractivity contribution in [2.75, 3.05) is 19.6 Å². The van der Waals surface area contributed by atoms with Crippen molar-refractivity contribution in [3.63, 3.8) is 0 Å². The first kappa shape index (κ1) is 8.51. The number of carbonyl (C=O) groups excluding carboxylic acids is 3. The van der Waals surface area contributed by atoms with Crippen molar-refractivity contribution in [2.24, 2.45) is 0 Å². The Kier molecular flexibility index (Phi) is 2.27. The Bertz CT molecular complexity index is 238. The number of aliphatic carboxylic acids is 1. The zero-order valence-corrected chi connectivity index (χ0v) is 6.20. The van der Waals surface area contributed by atoms with Crippen LogP contribution in [0.25, 0.3) is 0 Å². The van der Waals surface area contributed by atoms with E-state index in [9.17, 15) is 19.5 Å². The van der Waals surface area contributed by atoms with Crippen molar-refractivity contribution in [2.45, 2.75) is 0 Å². The highest BCUT2D eigenvalue weighted by molar-refractivity contribution is 6.35. The molecule has 0 aromatic carbocycles. The van der Waals surface area contributed by atoms with Gasteiger partial charge in [0.15, 0.2) is 0 Å². The number of nitrogens with one attached hydrogen (secondary N) is 1. The van der Waals surface area contributed by atoms with Gasteiger partial charge in [0.1, 0.15) is 0 Å². The molecule has 0 aromatic rings. The summed E-state index contributed by atoms with van der Waals surface area (Å²) in [5.74, 6) is -2.94. The summed E-state index contributed by atoms with van der Waals surface area (Å²) in [6.45, 7) is -0.0113. The van der Waals surface area contributed by atoms with Crippen LogP contribution in [0.4, 0.5) is 0 Å². The lowest BCUT2D eigenvalue weighted by atomic mass is 10.3. The molecule has 0 bridgehead atoms. The number of nitrogens with zero attached hydrogens (tertiary/aromatic N) is 1. The highest BCUT2D eigenvalue weighted by Gasteiger charge is 2.25. The van der Waals surface area contributed by atoms with E-state index in [4.69, 9.17) is 0 Å². The van der Waals surface area contributed by atoms with Gasteiger partial charge in [-0.1, -0.05) is 0 Å². The molecule has 66 valence electrons. The molecule has 1 heterocycles. The minimum atomic E-state index is -1.36. The molecule has 6 nitrogen and oxygen atoms in total. The number of carboxylic acid groups (broad SMARTS) is 1. The van der Waals surface area contributed by atoms with Crippen LogP contribution in [-0.2, 0) is 14.4 Å². The summed E-state index contributed by atoms with van der Waals surface area (Å²) >= 11 is 0. The molecule has 1 fully saturated rings. The fourth-order valence-electron chi connectivity index (χ4n) is 0.932. The summed E-state index contributed by atoms with van der Waals surface area (Å²) in [7, 11) is 0. The van der Waals surface area contributed by atoms with Crippen LogP contribution in [0.15, 0.2) is 0 Å². The lowest BCUT2D eigenvalue weighted by Gasteiger charge is -2.26. The molecule has 6 heteroatoms. The Morgan fingerprint density at radius 3 is 2.83 bits per heavy atom. The zero-order chi connectivity index (χ0) is 9.14. The number of amides is 2. The minimum Gasteiger partial charge on any atom is -0.548 e. The third-order valence-corrected chi connectivity index (χ3v) is 1.47. The van der Waals surface area contributed by atoms with Gasteiger partial charge in [0.2, 0.25) is 0 Å². The molecule has 0 aromatic heterocycles. The molecule has 1 aliphatic heterocycles. The van der Waals surface area contributed by atoms with Gasteiger partial charge in [-0.2, -0.15) is 0 Å². The molecule has 0 radical (unpaired) electrons. The predicted molar refractivity (Wildman–Crippen MR) is 34.6 cm³/mol. The molecule has 0 aliphatic carbocycles. The lowest BCUT2D eigenvalue weighted by Crippen LogP contribution is -2.54. The summed E-state index contributed by atoms with van der Waals surface area (Å²) < 4.78 is 0. The summed E-state index contributed by atoms with van der Waals surface area (Å²) in [4.78, 5) is 32.6. The summed E-state index contributed by atoms with van der Waals surface area (Å²) in [5.41, 5.74) is 0. The van der Waals surface area contributed by atoms with E-state index in [1.807, 2.05) is 0 Å². The van der Waals surface area contributed by atoms with Crippen LogP contribution in [0, 0.1) is 0 Å². The first-order valence-electron chi connectivity index (χ1n) is 3.38. The molecule has 0 spiro atoms. The van der Waals surface area contributed by atoms with E-state index in [0.717, 1.165) is 4.90 Å². The Morgan fingerprint density at radius 1 is 1.58 bits per heavy atom. The highest BCUT2D eigenvalue weighted by Crippen LogP contribution is 1.93. The van der Waals surface area contributed by atoms with Crippen LogP contribution < -0.4 is 10.4 Å². The SMILES string of the molecule is O=C([O-])CN1CCNC(=O)C1=O. The molecule has 12 heavy (non-hydrogen) atoms. The molecule has 1 saturated heterocycles. The molecular weight excluding hydrogens is 164 g/mol. The maximum Gasteiger partial charge on any atom is 0.312 e. The topological polar surface area (TPSA) is 89.5 Å². The molecule has 0 saturated carbocycles. The van der Waals surface area contributed by atoms with Crippen molar-refractivity contribution < 1.29 is 19.5 Å². The molecule has 1 N–H and O–H groups in total. The average Bonchev–Trinajstić information content (AvgIpc) is 1.98. The quantitative estimate of drug-likeness (QED) is 0.440. The second-order valence-corrected chi connectivity index (χ2v) is 2.35. The van der Waals surface area contributed by atoms with E-state index < -0.39 is 24.3 Å². The van der Waals surface area contributed by atoms with E-state index in [1.54, 1.807) is 0 Å². The van der Waals surface area contributed by atoms with Crippen molar-refractivity contribution in [3.8, 4) is 0 Å². The first-order chi connectivity index (χ1) is 5.61. The Labute approximate surface area is 68.1 Å². The zero-order valence-electron chi connectivity index (χ0n) is 6.20. The van der Waals surface area contributed by atoms with Crippen molar-refractivity contribution >= 4 is 17.8 Å². The third kappa shape index (κ3) is 1.71. The highest BCUT2D eigenvalue weighted by atomic mass is 16.4. The molecule has 0 unspecified atom stereocenters. The van der Waals surface area contributed by atoms with Crippen molar-refractivity contribution in [3.05, 3.63) is 0 Å². The second kappa shape index (κ2) is 3.21. The van der Waals surface area contributed by atoms with Gasteiger partial charge in [-0.05, 0) is 0 Å². The fourth-order valence-corrected chi connectivity index (χ4v) is 0.932. The van der Waals surface area contributed by atoms with Gasteiger partial charge in [-0.25, -0.2) is 0 Å². The summed E-state index contributed by atoms with van der Waals surface area (Å²) in [5, 5.41) is 12.4. The summed E-state index contributed by atoms with van der Waals surface area (Å²) in [6.07, 6.45) is 0. The Balaban J connectivity index is 2.58. The van der Waals surface area contributed by atoms with Crippen LogP contribution in [0.3, 0.4) is 0 Å². The van der Waals surface area contributed by atoms with Crippen LogP contribution in [0.2, 0.25) is 0 Å². The first-order valence-corrected chi connectivity index (χ1v) is 3.38. The monoisotopic (exact) mass is 171 g/mol. The van der Waals surface area contributed by atoms with Gasteiger partial charge >= 0.3 is 11.8 Å². The molecular formula is C6H7N2O4-. The van der Waals surface area contributed by atoms with Crippen LogP contribution in [0.1, 0.15) is 0 Å². The number of carboxylic acids is 1. The maximum atomic E-state index is 10.9. The molecule has 1 rings (SSSR count). The van der Waals surface area contributed by atoms with Gasteiger partial charge in [0.05, 0.1) is 12.5 Å². The normalized spacial score (nSPS) is 17.5. The van der Waals surface area contributed by atoms with Gasteiger partial charge in [0.25, 0.3) is 0 Å². The van der Waals surface area contributed by atoms with Crippen molar-refractivity contribution in [1.29, 1.82) is 0 Å². The van der Waals surface area contributed by atoms with Gasteiger partial charge < -0.3 is 20.1 Å².